The Hall–Kier alpha value is -1.71. The molecule has 3 rings (SSSR count). The third kappa shape index (κ3) is 2.58. The number of anilines is 1. The number of nitrogens with zero attached hydrogens (tertiary/aromatic N) is 3. The fourth-order valence-electron chi connectivity index (χ4n) is 2.64. The second-order valence-corrected chi connectivity index (χ2v) is 4.99. The molecule has 0 aliphatic heterocycles. The molecule has 18 heavy (non-hydrogen) atoms. The number of aromatic nitrogens is 3. The lowest BCUT2D eigenvalue weighted by atomic mass is 10.0. The lowest BCUT2D eigenvalue weighted by molar-refractivity contribution is 0.518. The molecule has 0 saturated heterocycles. The summed E-state index contributed by atoms with van der Waals surface area (Å²) >= 11 is 0. The largest absolute Gasteiger partial charge is 0.353 e. The van der Waals surface area contributed by atoms with Crippen molar-refractivity contribution in [2.75, 3.05) is 11.9 Å². The summed E-state index contributed by atoms with van der Waals surface area (Å²) in [4.78, 5) is 4.45. The molecular weight excluding hydrogens is 224 g/mol. The summed E-state index contributed by atoms with van der Waals surface area (Å²) in [5.41, 5.74) is 1.75. The van der Waals surface area contributed by atoms with Gasteiger partial charge >= 0.3 is 0 Å². The molecule has 0 unspecified atom stereocenters. The molecule has 0 atom stereocenters. The third-order valence-corrected chi connectivity index (χ3v) is 3.67. The standard InChI is InChI=1S/C14H18N4/c1-2-6-11(5-1)9-10-15-14-16-12-7-3-4-8-13(12)17-18-14/h3-4,7-8,11H,1-2,5-6,9-10H2,(H,15,16,18). The van der Waals surface area contributed by atoms with E-state index in [1.165, 1.54) is 32.1 Å². The first-order valence-electron chi connectivity index (χ1n) is 6.75. The topological polar surface area (TPSA) is 50.7 Å². The van der Waals surface area contributed by atoms with Gasteiger partial charge in [0.1, 0.15) is 5.52 Å². The summed E-state index contributed by atoms with van der Waals surface area (Å²) in [7, 11) is 0. The molecule has 0 radical (unpaired) electrons. The molecule has 1 N–H and O–H groups in total. The normalized spacial score (nSPS) is 16.2. The summed E-state index contributed by atoms with van der Waals surface area (Å²) in [5.74, 6) is 1.54. The predicted octanol–water partition coefficient (Wildman–Crippen LogP) is 3.02. The molecule has 1 aromatic heterocycles. The third-order valence-electron chi connectivity index (χ3n) is 3.67. The quantitative estimate of drug-likeness (QED) is 0.895. The molecule has 1 aliphatic rings. The Balaban J connectivity index is 1.60. The minimum atomic E-state index is 0.645. The van der Waals surface area contributed by atoms with E-state index in [1.54, 1.807) is 0 Å². The Bertz CT molecular complexity index is 520. The molecule has 1 aliphatic carbocycles. The number of hydrogen-bond acceptors (Lipinski definition) is 4. The van der Waals surface area contributed by atoms with E-state index >= 15 is 0 Å². The smallest absolute Gasteiger partial charge is 0.243 e. The molecule has 0 bridgehead atoms. The number of fused-ring (bicyclic) bond motifs is 1. The molecule has 1 aromatic carbocycles. The van der Waals surface area contributed by atoms with Gasteiger partial charge in [-0.05, 0) is 24.5 Å². The van der Waals surface area contributed by atoms with Crippen molar-refractivity contribution in [3.63, 3.8) is 0 Å². The Morgan fingerprint density at radius 3 is 2.67 bits per heavy atom. The van der Waals surface area contributed by atoms with Crippen molar-refractivity contribution < 1.29 is 0 Å². The van der Waals surface area contributed by atoms with Crippen molar-refractivity contribution in [1.82, 2.24) is 15.2 Å². The molecule has 94 valence electrons. The van der Waals surface area contributed by atoms with Gasteiger partial charge in [-0.1, -0.05) is 37.8 Å². The maximum absolute atomic E-state index is 4.45. The SMILES string of the molecule is c1ccc2nc(NCCC3CCCC3)nnc2c1. The highest BCUT2D eigenvalue weighted by atomic mass is 15.2. The van der Waals surface area contributed by atoms with Crippen LogP contribution in [-0.4, -0.2) is 21.7 Å². The molecule has 4 nitrogen and oxygen atoms in total. The monoisotopic (exact) mass is 242 g/mol. The summed E-state index contributed by atoms with van der Waals surface area (Å²) < 4.78 is 0. The molecule has 0 amide bonds. The zero-order chi connectivity index (χ0) is 12.2. The number of rotatable bonds is 4. The van der Waals surface area contributed by atoms with E-state index in [9.17, 15) is 0 Å². The summed E-state index contributed by atoms with van der Waals surface area (Å²) in [6, 6.07) is 7.81. The molecule has 1 heterocycles. The van der Waals surface area contributed by atoms with Gasteiger partial charge in [0.2, 0.25) is 5.95 Å². The highest BCUT2D eigenvalue weighted by Gasteiger charge is 2.14. The fourth-order valence-corrected chi connectivity index (χ4v) is 2.64. The van der Waals surface area contributed by atoms with Crippen LogP contribution in [0.4, 0.5) is 5.95 Å². The van der Waals surface area contributed by atoms with Crippen LogP contribution in [0.2, 0.25) is 0 Å². The van der Waals surface area contributed by atoms with Crippen molar-refractivity contribution in [3.8, 4) is 0 Å². The fraction of sp³-hybridized carbons (Fsp3) is 0.500. The van der Waals surface area contributed by atoms with Crippen LogP contribution >= 0.6 is 0 Å². The second kappa shape index (κ2) is 5.29. The summed E-state index contributed by atoms with van der Waals surface area (Å²) in [6.45, 7) is 0.949. The van der Waals surface area contributed by atoms with Crippen LogP contribution in [0, 0.1) is 5.92 Å². The summed E-state index contributed by atoms with van der Waals surface area (Å²) in [6.07, 6.45) is 6.80. The Morgan fingerprint density at radius 2 is 1.83 bits per heavy atom. The van der Waals surface area contributed by atoms with Crippen molar-refractivity contribution in [3.05, 3.63) is 24.3 Å². The summed E-state index contributed by atoms with van der Waals surface area (Å²) in [5, 5.41) is 11.5. The number of benzene rings is 1. The van der Waals surface area contributed by atoms with Crippen LogP contribution in [0.5, 0.6) is 0 Å². The first-order valence-corrected chi connectivity index (χ1v) is 6.75. The van der Waals surface area contributed by atoms with Crippen LogP contribution in [0.25, 0.3) is 11.0 Å². The highest BCUT2D eigenvalue weighted by molar-refractivity contribution is 5.73. The van der Waals surface area contributed by atoms with Gasteiger partial charge in [0.05, 0.1) is 5.52 Å². The Morgan fingerprint density at radius 1 is 1.06 bits per heavy atom. The maximum Gasteiger partial charge on any atom is 0.243 e. The lowest BCUT2D eigenvalue weighted by Crippen LogP contribution is -2.09. The van der Waals surface area contributed by atoms with Crippen LogP contribution < -0.4 is 5.32 Å². The van der Waals surface area contributed by atoms with Crippen molar-refractivity contribution in [2.24, 2.45) is 5.92 Å². The highest BCUT2D eigenvalue weighted by Crippen LogP contribution is 2.27. The van der Waals surface area contributed by atoms with Crippen LogP contribution in [-0.2, 0) is 0 Å². The number of hydrogen-bond donors (Lipinski definition) is 1. The first kappa shape index (κ1) is 11.4. The van der Waals surface area contributed by atoms with Gasteiger partial charge in [0, 0.05) is 6.54 Å². The minimum Gasteiger partial charge on any atom is -0.353 e. The van der Waals surface area contributed by atoms with E-state index in [0.29, 0.717) is 5.95 Å². The average Bonchev–Trinajstić information content (AvgIpc) is 2.92. The van der Waals surface area contributed by atoms with Gasteiger partial charge in [-0.2, -0.15) is 0 Å². The lowest BCUT2D eigenvalue weighted by Gasteiger charge is -2.09. The molecule has 1 saturated carbocycles. The van der Waals surface area contributed by atoms with E-state index < -0.39 is 0 Å². The van der Waals surface area contributed by atoms with Gasteiger partial charge < -0.3 is 5.32 Å². The van der Waals surface area contributed by atoms with Crippen LogP contribution in [0.15, 0.2) is 24.3 Å². The number of para-hydroxylation sites is 1. The van der Waals surface area contributed by atoms with Gasteiger partial charge in [0.15, 0.2) is 0 Å². The van der Waals surface area contributed by atoms with Gasteiger partial charge in [-0.3, -0.25) is 0 Å². The van der Waals surface area contributed by atoms with Gasteiger partial charge in [0.25, 0.3) is 0 Å². The molecule has 2 aromatic rings. The zero-order valence-corrected chi connectivity index (χ0v) is 10.5. The Kier molecular flexibility index (Phi) is 3.35. The van der Waals surface area contributed by atoms with Crippen molar-refractivity contribution in [1.29, 1.82) is 0 Å². The van der Waals surface area contributed by atoms with Crippen molar-refractivity contribution >= 4 is 17.0 Å². The van der Waals surface area contributed by atoms with Crippen LogP contribution in [0.1, 0.15) is 32.1 Å². The van der Waals surface area contributed by atoms with E-state index in [4.69, 9.17) is 0 Å². The molecular formula is C14H18N4. The van der Waals surface area contributed by atoms with E-state index in [1.807, 2.05) is 24.3 Å². The predicted molar refractivity (Wildman–Crippen MR) is 72.4 cm³/mol. The van der Waals surface area contributed by atoms with E-state index in [0.717, 1.165) is 23.5 Å². The van der Waals surface area contributed by atoms with E-state index in [2.05, 4.69) is 20.5 Å². The maximum atomic E-state index is 4.45. The van der Waals surface area contributed by atoms with Crippen molar-refractivity contribution in [2.45, 2.75) is 32.1 Å². The number of nitrogens with one attached hydrogen (secondary N) is 1. The Labute approximate surface area is 107 Å². The molecule has 0 spiro atoms. The zero-order valence-electron chi connectivity index (χ0n) is 10.5. The van der Waals surface area contributed by atoms with E-state index in [-0.39, 0.29) is 0 Å². The van der Waals surface area contributed by atoms with Gasteiger partial charge in [-0.15, -0.1) is 10.2 Å². The minimum absolute atomic E-state index is 0.645. The second-order valence-electron chi connectivity index (χ2n) is 4.99. The van der Waals surface area contributed by atoms with Crippen LogP contribution in [0.3, 0.4) is 0 Å². The molecule has 4 heteroatoms. The average molecular weight is 242 g/mol. The first-order chi connectivity index (χ1) is 8.92. The van der Waals surface area contributed by atoms with Gasteiger partial charge in [-0.25, -0.2) is 4.98 Å². The molecule has 1 fully saturated rings.